The summed E-state index contributed by atoms with van der Waals surface area (Å²) in [4.78, 5) is 28.0. The van der Waals surface area contributed by atoms with Crippen LogP contribution in [-0.2, 0) is 0 Å². The van der Waals surface area contributed by atoms with E-state index in [4.69, 9.17) is 5.73 Å². The highest BCUT2D eigenvalue weighted by Gasteiger charge is 2.15. The molecule has 0 saturated carbocycles. The van der Waals surface area contributed by atoms with Crippen molar-refractivity contribution in [2.24, 2.45) is 0 Å². The summed E-state index contributed by atoms with van der Waals surface area (Å²) >= 11 is 1.19. The number of anilines is 2. The van der Waals surface area contributed by atoms with E-state index in [1.165, 1.54) is 11.3 Å². The zero-order valence-electron chi connectivity index (χ0n) is 11.6. The van der Waals surface area contributed by atoms with Gasteiger partial charge < -0.3 is 16.4 Å². The van der Waals surface area contributed by atoms with Gasteiger partial charge in [0.25, 0.3) is 11.8 Å². The van der Waals surface area contributed by atoms with Crippen LogP contribution in [0.25, 0.3) is 0 Å². The fourth-order valence-corrected chi connectivity index (χ4v) is 2.25. The van der Waals surface area contributed by atoms with E-state index in [1.54, 1.807) is 29.6 Å². The quantitative estimate of drug-likeness (QED) is 0.788. The molecule has 0 saturated heterocycles. The van der Waals surface area contributed by atoms with Gasteiger partial charge in [-0.3, -0.25) is 9.59 Å². The smallest absolute Gasteiger partial charge is 0.275 e. The van der Waals surface area contributed by atoms with Crippen LogP contribution < -0.4 is 16.4 Å². The molecule has 110 valence electrons. The maximum atomic E-state index is 12.1. The number of nitrogens with two attached hydrogens (primary N) is 1. The number of rotatable bonds is 5. The maximum absolute atomic E-state index is 12.1. The van der Waals surface area contributed by atoms with Crippen molar-refractivity contribution in [2.75, 3.05) is 17.6 Å². The standard InChI is InChI=1S/C14H16N4O2S/c1-2-7-16-12(19)9-5-3-4-6-10(9)17-13(20)11-8-21-14(15)18-11/h3-6,8H,2,7H2,1H3,(H2,15,18)(H,16,19)(H,17,20). The van der Waals surface area contributed by atoms with Crippen LogP contribution in [0.4, 0.5) is 10.8 Å². The Morgan fingerprint density at radius 2 is 2.05 bits per heavy atom. The number of nitrogens with zero attached hydrogens (tertiary/aromatic N) is 1. The lowest BCUT2D eigenvalue weighted by molar-refractivity contribution is 0.0954. The van der Waals surface area contributed by atoms with Gasteiger partial charge in [0.1, 0.15) is 5.69 Å². The minimum atomic E-state index is -0.390. The lowest BCUT2D eigenvalue weighted by Crippen LogP contribution is -2.25. The van der Waals surface area contributed by atoms with Crippen molar-refractivity contribution in [2.45, 2.75) is 13.3 Å². The maximum Gasteiger partial charge on any atom is 0.275 e. The van der Waals surface area contributed by atoms with Crippen LogP contribution in [0.3, 0.4) is 0 Å². The van der Waals surface area contributed by atoms with Crippen LogP contribution in [-0.4, -0.2) is 23.3 Å². The lowest BCUT2D eigenvalue weighted by atomic mass is 10.1. The number of para-hydroxylation sites is 1. The molecule has 7 heteroatoms. The van der Waals surface area contributed by atoms with E-state index in [-0.39, 0.29) is 11.6 Å². The fourth-order valence-electron chi connectivity index (χ4n) is 1.70. The number of nitrogen functional groups attached to an aromatic ring is 1. The van der Waals surface area contributed by atoms with Crippen molar-refractivity contribution in [3.8, 4) is 0 Å². The summed E-state index contributed by atoms with van der Waals surface area (Å²) in [5, 5.41) is 7.37. The van der Waals surface area contributed by atoms with Crippen LogP contribution in [0.1, 0.15) is 34.2 Å². The molecule has 0 atom stereocenters. The third-order valence-electron chi connectivity index (χ3n) is 2.71. The zero-order chi connectivity index (χ0) is 15.2. The molecule has 0 unspecified atom stereocenters. The molecule has 0 radical (unpaired) electrons. The average Bonchev–Trinajstić information content (AvgIpc) is 2.92. The van der Waals surface area contributed by atoms with Gasteiger partial charge in [-0.15, -0.1) is 11.3 Å². The van der Waals surface area contributed by atoms with Gasteiger partial charge in [-0.2, -0.15) is 0 Å². The molecule has 0 aliphatic heterocycles. The number of aromatic nitrogens is 1. The van der Waals surface area contributed by atoms with E-state index < -0.39 is 5.91 Å². The molecule has 1 aromatic heterocycles. The number of carbonyl (C=O) groups is 2. The Balaban J connectivity index is 2.16. The number of benzene rings is 1. The van der Waals surface area contributed by atoms with Crippen molar-refractivity contribution >= 4 is 34.0 Å². The molecule has 0 aliphatic carbocycles. The Hall–Kier alpha value is -2.41. The van der Waals surface area contributed by atoms with Crippen LogP contribution in [0.2, 0.25) is 0 Å². The number of carbonyl (C=O) groups excluding carboxylic acids is 2. The second kappa shape index (κ2) is 6.85. The van der Waals surface area contributed by atoms with E-state index in [9.17, 15) is 9.59 Å². The Morgan fingerprint density at radius 3 is 2.71 bits per heavy atom. The number of hydrogen-bond acceptors (Lipinski definition) is 5. The van der Waals surface area contributed by atoms with E-state index in [2.05, 4.69) is 15.6 Å². The molecule has 0 bridgehead atoms. The second-order valence-corrected chi connectivity index (χ2v) is 5.22. The molecule has 2 rings (SSSR count). The summed E-state index contributed by atoms with van der Waals surface area (Å²) in [6.45, 7) is 2.56. The van der Waals surface area contributed by atoms with Gasteiger partial charge in [0.2, 0.25) is 0 Å². The number of thiazole rings is 1. The molecular weight excluding hydrogens is 288 g/mol. The summed E-state index contributed by atoms with van der Waals surface area (Å²) in [6, 6.07) is 6.84. The number of amides is 2. The SMILES string of the molecule is CCCNC(=O)c1ccccc1NC(=O)c1csc(N)n1. The van der Waals surface area contributed by atoms with Gasteiger partial charge in [0, 0.05) is 11.9 Å². The summed E-state index contributed by atoms with van der Waals surface area (Å²) in [7, 11) is 0. The second-order valence-electron chi connectivity index (χ2n) is 4.33. The first-order chi connectivity index (χ1) is 10.1. The van der Waals surface area contributed by atoms with Crippen LogP contribution >= 0.6 is 11.3 Å². The fraction of sp³-hybridized carbons (Fsp3) is 0.214. The summed E-state index contributed by atoms with van der Waals surface area (Å²) in [5.41, 5.74) is 6.61. The average molecular weight is 304 g/mol. The predicted octanol–water partition coefficient (Wildman–Crippen LogP) is 2.12. The number of nitrogens with one attached hydrogen (secondary N) is 2. The highest BCUT2D eigenvalue weighted by Crippen LogP contribution is 2.17. The molecule has 4 N–H and O–H groups in total. The zero-order valence-corrected chi connectivity index (χ0v) is 12.4. The molecule has 2 aromatic rings. The van der Waals surface area contributed by atoms with Crippen LogP contribution in [0.5, 0.6) is 0 Å². The van der Waals surface area contributed by atoms with Crippen molar-refractivity contribution in [3.05, 3.63) is 40.9 Å². The molecular formula is C14H16N4O2S. The van der Waals surface area contributed by atoms with E-state index in [1.807, 2.05) is 6.92 Å². The minimum absolute atomic E-state index is 0.217. The molecule has 2 amide bonds. The Kier molecular flexibility index (Phi) is 4.89. The molecule has 6 nitrogen and oxygen atoms in total. The lowest BCUT2D eigenvalue weighted by Gasteiger charge is -2.10. The van der Waals surface area contributed by atoms with E-state index in [0.717, 1.165) is 6.42 Å². The molecule has 21 heavy (non-hydrogen) atoms. The first kappa shape index (κ1) is 15.0. The summed E-state index contributed by atoms with van der Waals surface area (Å²) in [6.07, 6.45) is 0.846. The third-order valence-corrected chi connectivity index (χ3v) is 3.38. The molecule has 0 aliphatic rings. The summed E-state index contributed by atoms with van der Waals surface area (Å²) in [5.74, 6) is -0.607. The molecule has 1 heterocycles. The first-order valence-corrected chi connectivity index (χ1v) is 7.39. The van der Waals surface area contributed by atoms with Gasteiger partial charge >= 0.3 is 0 Å². The summed E-state index contributed by atoms with van der Waals surface area (Å²) < 4.78 is 0. The van der Waals surface area contributed by atoms with Gasteiger partial charge in [-0.05, 0) is 18.6 Å². The molecule has 0 fully saturated rings. The van der Waals surface area contributed by atoms with Crippen molar-refractivity contribution < 1.29 is 9.59 Å². The van der Waals surface area contributed by atoms with Crippen LogP contribution in [0.15, 0.2) is 29.6 Å². The van der Waals surface area contributed by atoms with E-state index in [0.29, 0.717) is 22.9 Å². The van der Waals surface area contributed by atoms with Gasteiger partial charge in [0.05, 0.1) is 11.3 Å². The minimum Gasteiger partial charge on any atom is -0.375 e. The highest BCUT2D eigenvalue weighted by molar-refractivity contribution is 7.13. The molecule has 0 spiro atoms. The Labute approximate surface area is 126 Å². The normalized spacial score (nSPS) is 10.1. The van der Waals surface area contributed by atoms with E-state index >= 15 is 0 Å². The Morgan fingerprint density at radius 1 is 1.29 bits per heavy atom. The van der Waals surface area contributed by atoms with Gasteiger partial charge in [0.15, 0.2) is 5.13 Å². The molecule has 1 aromatic carbocycles. The van der Waals surface area contributed by atoms with Gasteiger partial charge in [-0.25, -0.2) is 4.98 Å². The highest BCUT2D eigenvalue weighted by atomic mass is 32.1. The van der Waals surface area contributed by atoms with Crippen LogP contribution in [0, 0.1) is 0 Å². The topological polar surface area (TPSA) is 97.1 Å². The predicted molar refractivity (Wildman–Crippen MR) is 83.5 cm³/mol. The van der Waals surface area contributed by atoms with Gasteiger partial charge in [-0.1, -0.05) is 19.1 Å². The number of hydrogen-bond donors (Lipinski definition) is 3. The largest absolute Gasteiger partial charge is 0.375 e. The Bertz CT molecular complexity index is 654. The monoisotopic (exact) mass is 304 g/mol. The van der Waals surface area contributed by atoms with Crippen molar-refractivity contribution in [3.63, 3.8) is 0 Å². The van der Waals surface area contributed by atoms with Crippen molar-refractivity contribution in [1.82, 2.24) is 10.3 Å². The third kappa shape index (κ3) is 3.79. The first-order valence-electron chi connectivity index (χ1n) is 6.51. The van der Waals surface area contributed by atoms with Crippen molar-refractivity contribution in [1.29, 1.82) is 0 Å².